The first-order chi connectivity index (χ1) is 16.7. The van der Waals surface area contributed by atoms with Crippen molar-refractivity contribution in [2.24, 2.45) is 5.41 Å². The number of aromatic nitrogens is 6. The van der Waals surface area contributed by atoms with Gasteiger partial charge in [0, 0.05) is 30.1 Å². The van der Waals surface area contributed by atoms with Crippen LogP contribution < -0.4 is 4.90 Å². The van der Waals surface area contributed by atoms with Crippen LogP contribution in [0.2, 0.25) is 0 Å². The molecule has 178 valence electrons. The number of nitrogens with one attached hydrogen (secondary N) is 1. The van der Waals surface area contributed by atoms with Gasteiger partial charge in [-0.3, -0.25) is 0 Å². The normalized spacial score (nSPS) is 19.3. The lowest BCUT2D eigenvalue weighted by atomic mass is 9.80. The molecular weight excluding hydrogens is 430 g/mol. The van der Waals surface area contributed by atoms with Gasteiger partial charge >= 0.3 is 0 Å². The van der Waals surface area contributed by atoms with Crippen LogP contribution in [0.1, 0.15) is 51.0 Å². The van der Waals surface area contributed by atoms with Crippen molar-refractivity contribution in [2.75, 3.05) is 31.2 Å². The third-order valence-corrected chi connectivity index (χ3v) is 7.86. The van der Waals surface area contributed by atoms with Crippen LogP contribution in [0.25, 0.3) is 33.5 Å². The molecular formula is C25H31N7O2. The van der Waals surface area contributed by atoms with Gasteiger partial charge < -0.3 is 24.7 Å². The molecule has 1 aliphatic carbocycles. The maximum Gasteiger partial charge on any atom is 0.228 e. The minimum atomic E-state index is -0.417. The average Bonchev–Trinajstić information content (AvgIpc) is 3.55. The highest BCUT2D eigenvalue weighted by atomic mass is 16.3. The Labute approximate surface area is 197 Å². The van der Waals surface area contributed by atoms with Crippen LogP contribution in [0, 0.1) is 5.41 Å². The smallest absolute Gasteiger partial charge is 0.228 e. The van der Waals surface area contributed by atoms with E-state index in [1.54, 1.807) is 6.33 Å². The number of benzene rings is 1. The van der Waals surface area contributed by atoms with Crippen LogP contribution in [0.3, 0.4) is 0 Å². The Morgan fingerprint density at radius 1 is 1.00 bits per heavy atom. The third kappa shape index (κ3) is 3.63. The molecule has 1 aromatic carbocycles. The molecule has 4 heterocycles. The Kier molecular flexibility index (Phi) is 5.45. The zero-order valence-corrected chi connectivity index (χ0v) is 19.3. The van der Waals surface area contributed by atoms with E-state index >= 15 is 0 Å². The predicted molar refractivity (Wildman–Crippen MR) is 131 cm³/mol. The second kappa shape index (κ2) is 8.63. The summed E-state index contributed by atoms with van der Waals surface area (Å²) in [5, 5.41) is 19.5. The number of aromatic amines is 1. The van der Waals surface area contributed by atoms with Gasteiger partial charge in [0.2, 0.25) is 5.95 Å². The van der Waals surface area contributed by atoms with E-state index in [1.807, 2.05) is 6.33 Å². The number of nitrogens with zero attached hydrogens (tertiary/aromatic N) is 6. The van der Waals surface area contributed by atoms with E-state index in [1.165, 1.54) is 37.6 Å². The Balaban J connectivity index is 1.35. The third-order valence-electron chi connectivity index (χ3n) is 7.86. The highest BCUT2D eigenvalue weighted by molar-refractivity contribution is 5.91. The van der Waals surface area contributed by atoms with Crippen molar-refractivity contribution in [1.82, 2.24) is 29.5 Å². The van der Waals surface area contributed by atoms with Gasteiger partial charge in [0.1, 0.15) is 11.2 Å². The minimum Gasteiger partial charge on any atom is -0.396 e. The number of hydrogen-bond acceptors (Lipinski definition) is 7. The summed E-state index contributed by atoms with van der Waals surface area (Å²) in [5.74, 6) is 0.643. The van der Waals surface area contributed by atoms with Crippen molar-refractivity contribution in [3.63, 3.8) is 0 Å². The van der Waals surface area contributed by atoms with Crippen LogP contribution in [0.15, 0.2) is 30.9 Å². The number of anilines is 1. The van der Waals surface area contributed by atoms with E-state index in [2.05, 4.69) is 37.6 Å². The fraction of sp³-hybridized carbons (Fsp3) is 0.520. The quantitative estimate of drug-likeness (QED) is 0.417. The van der Waals surface area contributed by atoms with Crippen molar-refractivity contribution in [1.29, 1.82) is 0 Å². The zero-order valence-electron chi connectivity index (χ0n) is 19.3. The Bertz CT molecular complexity index is 1290. The lowest BCUT2D eigenvalue weighted by Gasteiger charge is -2.39. The lowest BCUT2D eigenvalue weighted by Crippen LogP contribution is -2.44. The van der Waals surface area contributed by atoms with Crippen LogP contribution in [0.5, 0.6) is 0 Å². The van der Waals surface area contributed by atoms with Gasteiger partial charge in [-0.05, 0) is 37.8 Å². The van der Waals surface area contributed by atoms with Crippen LogP contribution in [-0.4, -0.2) is 66.0 Å². The summed E-state index contributed by atoms with van der Waals surface area (Å²) < 4.78 is 2.34. The summed E-state index contributed by atoms with van der Waals surface area (Å²) in [4.78, 5) is 24.2. The molecule has 1 aliphatic heterocycles. The highest BCUT2D eigenvalue weighted by Crippen LogP contribution is 2.35. The van der Waals surface area contributed by atoms with Crippen LogP contribution >= 0.6 is 0 Å². The largest absolute Gasteiger partial charge is 0.396 e. The van der Waals surface area contributed by atoms with Crippen molar-refractivity contribution < 1.29 is 10.2 Å². The summed E-state index contributed by atoms with van der Waals surface area (Å²) in [6.07, 6.45) is 11.4. The molecule has 0 spiro atoms. The molecule has 6 rings (SSSR count). The first kappa shape index (κ1) is 21.5. The standard InChI is InChI=1S/C25H31N7O2/c33-13-25(14-34)8-10-31(11-9-25)24-29-21(22-23(30-24)27-15-26-22)17-6-7-20-19(12-17)28-16-32(20)18-4-2-1-3-5-18/h6-7,12,15-16,18,33-34H,1-5,8-11,13-14H2,(H,26,27,29,30). The molecule has 0 unspecified atom stereocenters. The fourth-order valence-electron chi connectivity index (χ4n) is 5.54. The number of piperidine rings is 1. The SMILES string of the molecule is OCC1(CO)CCN(c2nc(-c3ccc4c(c3)ncn4C3CCCCC3)c3nc[nH]c3n2)CC1. The van der Waals surface area contributed by atoms with Crippen molar-refractivity contribution in [3.8, 4) is 11.3 Å². The highest BCUT2D eigenvalue weighted by Gasteiger charge is 2.34. The van der Waals surface area contributed by atoms with Crippen LogP contribution in [-0.2, 0) is 0 Å². The number of H-pyrrole nitrogens is 1. The average molecular weight is 462 g/mol. The first-order valence-electron chi connectivity index (χ1n) is 12.3. The molecule has 2 aliphatic rings. The second-order valence-corrected chi connectivity index (χ2v) is 9.92. The topological polar surface area (TPSA) is 116 Å². The summed E-state index contributed by atoms with van der Waals surface area (Å²) in [5.41, 5.74) is 4.93. The molecule has 1 saturated carbocycles. The number of imidazole rings is 2. The van der Waals surface area contributed by atoms with E-state index in [0.717, 1.165) is 22.3 Å². The van der Waals surface area contributed by atoms with E-state index in [9.17, 15) is 10.2 Å². The van der Waals surface area contributed by atoms with Gasteiger partial charge in [-0.1, -0.05) is 25.3 Å². The van der Waals surface area contributed by atoms with E-state index in [4.69, 9.17) is 15.0 Å². The molecule has 2 fully saturated rings. The van der Waals surface area contributed by atoms with Gasteiger partial charge in [-0.2, -0.15) is 4.98 Å². The van der Waals surface area contributed by atoms with Gasteiger partial charge in [-0.25, -0.2) is 15.0 Å². The Morgan fingerprint density at radius 3 is 2.56 bits per heavy atom. The van der Waals surface area contributed by atoms with Gasteiger partial charge in [0.25, 0.3) is 0 Å². The second-order valence-electron chi connectivity index (χ2n) is 9.92. The van der Waals surface area contributed by atoms with Gasteiger partial charge in [-0.15, -0.1) is 0 Å². The van der Waals surface area contributed by atoms with Gasteiger partial charge in [0.15, 0.2) is 5.65 Å². The van der Waals surface area contributed by atoms with E-state index in [0.29, 0.717) is 43.6 Å². The van der Waals surface area contributed by atoms with Crippen molar-refractivity contribution in [3.05, 3.63) is 30.9 Å². The number of aliphatic hydroxyl groups is 2. The molecule has 0 atom stereocenters. The van der Waals surface area contributed by atoms with Crippen molar-refractivity contribution >= 4 is 28.1 Å². The summed E-state index contributed by atoms with van der Waals surface area (Å²) in [6, 6.07) is 6.91. The van der Waals surface area contributed by atoms with E-state index < -0.39 is 5.41 Å². The maximum atomic E-state index is 9.75. The summed E-state index contributed by atoms with van der Waals surface area (Å²) >= 11 is 0. The molecule has 3 N–H and O–H groups in total. The number of aliphatic hydroxyl groups excluding tert-OH is 2. The monoisotopic (exact) mass is 461 g/mol. The molecule has 34 heavy (non-hydrogen) atoms. The minimum absolute atomic E-state index is 0.00342. The lowest BCUT2D eigenvalue weighted by molar-refractivity contribution is 0.0338. The fourth-order valence-corrected chi connectivity index (χ4v) is 5.54. The number of hydrogen-bond donors (Lipinski definition) is 3. The molecule has 3 aromatic heterocycles. The van der Waals surface area contributed by atoms with Crippen LogP contribution in [0.4, 0.5) is 5.95 Å². The molecule has 0 bridgehead atoms. The Hall–Kier alpha value is -3.04. The maximum absolute atomic E-state index is 9.75. The molecule has 0 radical (unpaired) electrons. The zero-order chi connectivity index (χ0) is 23.1. The predicted octanol–water partition coefficient (Wildman–Crippen LogP) is 3.45. The van der Waals surface area contributed by atoms with Gasteiger partial charge in [0.05, 0.1) is 36.9 Å². The summed E-state index contributed by atoms with van der Waals surface area (Å²) in [7, 11) is 0. The summed E-state index contributed by atoms with van der Waals surface area (Å²) in [6.45, 7) is 1.36. The molecule has 9 heteroatoms. The van der Waals surface area contributed by atoms with E-state index in [-0.39, 0.29) is 13.2 Å². The van der Waals surface area contributed by atoms with Crippen molar-refractivity contribution in [2.45, 2.75) is 51.0 Å². The molecule has 9 nitrogen and oxygen atoms in total. The molecule has 0 amide bonds. The molecule has 4 aromatic rings. The number of rotatable bonds is 5. The molecule has 1 saturated heterocycles. The Morgan fingerprint density at radius 2 is 1.79 bits per heavy atom. The number of fused-ring (bicyclic) bond motifs is 2. The first-order valence-corrected chi connectivity index (χ1v) is 12.3.